The normalized spacial score (nSPS) is 10.2. The Bertz CT molecular complexity index is 446. The number of carbonyl (C=O) groups is 1. The van der Waals surface area contributed by atoms with E-state index in [0.717, 1.165) is 0 Å². The van der Waals surface area contributed by atoms with Crippen LogP contribution >= 0.6 is 0 Å². The summed E-state index contributed by atoms with van der Waals surface area (Å²) >= 11 is 0. The molecule has 1 rings (SSSR count). The summed E-state index contributed by atoms with van der Waals surface area (Å²) in [6.07, 6.45) is 0.860. The number of hydrogen-bond acceptors (Lipinski definition) is 5. The summed E-state index contributed by atoms with van der Waals surface area (Å²) in [5.41, 5.74) is 4.77. The van der Waals surface area contributed by atoms with Gasteiger partial charge in [-0.05, 0) is 32.9 Å². The van der Waals surface area contributed by atoms with Crippen molar-refractivity contribution in [3.05, 3.63) is 23.9 Å². The van der Waals surface area contributed by atoms with Crippen LogP contribution in [0.25, 0.3) is 0 Å². The molecule has 0 fully saturated rings. The van der Waals surface area contributed by atoms with Crippen LogP contribution in [0.5, 0.6) is 0 Å². The van der Waals surface area contributed by atoms with Crippen LogP contribution in [0.15, 0.2) is 18.3 Å². The molecular weight excluding hydrogens is 220 g/mol. The van der Waals surface area contributed by atoms with Crippen molar-refractivity contribution < 1.29 is 9.53 Å². The van der Waals surface area contributed by atoms with Gasteiger partial charge in [0.25, 0.3) is 0 Å². The fraction of sp³-hybridized carbons (Fsp3) is 0.364. The Morgan fingerprint density at radius 1 is 1.53 bits per heavy atom. The Hall–Kier alpha value is -2.29. The maximum atomic E-state index is 11.3. The molecule has 6 heteroatoms. The maximum Gasteiger partial charge on any atom is 0.426 e. The zero-order valence-corrected chi connectivity index (χ0v) is 9.94. The monoisotopic (exact) mass is 234 g/mol. The first-order valence-corrected chi connectivity index (χ1v) is 5.02. The van der Waals surface area contributed by atoms with E-state index in [1.807, 2.05) is 6.07 Å². The zero-order chi connectivity index (χ0) is 12.9. The first kappa shape index (κ1) is 12.8. The Morgan fingerprint density at radius 2 is 2.24 bits per heavy atom. The van der Waals surface area contributed by atoms with Gasteiger partial charge in [-0.1, -0.05) is 0 Å². The Labute approximate surface area is 99.6 Å². The molecule has 0 aliphatic carbocycles. The summed E-state index contributed by atoms with van der Waals surface area (Å²) in [5, 5.41) is 8.67. The molecule has 1 amide bonds. The number of anilines is 1. The summed E-state index contributed by atoms with van der Waals surface area (Å²) in [6, 6.07) is 5.05. The summed E-state index contributed by atoms with van der Waals surface area (Å²) < 4.78 is 5.01. The second-order valence-electron chi connectivity index (χ2n) is 4.29. The number of nitriles is 1. The largest absolute Gasteiger partial charge is 0.443 e. The highest BCUT2D eigenvalue weighted by atomic mass is 16.6. The number of pyridine rings is 1. The summed E-state index contributed by atoms with van der Waals surface area (Å²) in [7, 11) is 0. The summed E-state index contributed by atoms with van der Waals surface area (Å²) in [5.74, 6) is 0.370. The number of ether oxygens (including phenoxy) is 1. The average molecular weight is 234 g/mol. The third-order valence-electron chi connectivity index (χ3n) is 1.58. The molecule has 0 aliphatic rings. The Balaban J connectivity index is 2.51. The topological polar surface area (TPSA) is 87.0 Å². The molecule has 0 unspecified atom stereocenters. The second kappa shape index (κ2) is 5.16. The number of nitrogens with one attached hydrogen (secondary N) is 2. The van der Waals surface area contributed by atoms with E-state index in [9.17, 15) is 4.79 Å². The van der Waals surface area contributed by atoms with Crippen LogP contribution < -0.4 is 10.9 Å². The molecule has 0 aromatic carbocycles. The van der Waals surface area contributed by atoms with Crippen LogP contribution in [0.4, 0.5) is 10.6 Å². The van der Waals surface area contributed by atoms with Crippen molar-refractivity contribution in [2.75, 3.05) is 5.43 Å². The molecule has 0 saturated heterocycles. The third-order valence-corrected chi connectivity index (χ3v) is 1.58. The van der Waals surface area contributed by atoms with Gasteiger partial charge in [0, 0.05) is 6.20 Å². The summed E-state index contributed by atoms with van der Waals surface area (Å²) in [6.45, 7) is 5.30. The molecule has 0 radical (unpaired) electrons. The van der Waals surface area contributed by atoms with Gasteiger partial charge in [0.05, 0.1) is 11.6 Å². The van der Waals surface area contributed by atoms with Crippen LogP contribution in [0.3, 0.4) is 0 Å². The van der Waals surface area contributed by atoms with E-state index >= 15 is 0 Å². The molecule has 0 spiro atoms. The lowest BCUT2D eigenvalue weighted by molar-refractivity contribution is 0.0541. The molecule has 1 aromatic heterocycles. The van der Waals surface area contributed by atoms with Crippen molar-refractivity contribution in [3.63, 3.8) is 0 Å². The van der Waals surface area contributed by atoms with Crippen molar-refractivity contribution in [1.82, 2.24) is 10.4 Å². The van der Waals surface area contributed by atoms with Gasteiger partial charge in [-0.2, -0.15) is 5.26 Å². The van der Waals surface area contributed by atoms with E-state index in [-0.39, 0.29) is 0 Å². The molecule has 1 heterocycles. The van der Waals surface area contributed by atoms with E-state index in [0.29, 0.717) is 11.4 Å². The van der Waals surface area contributed by atoms with Crippen LogP contribution in [-0.4, -0.2) is 16.7 Å². The van der Waals surface area contributed by atoms with Crippen molar-refractivity contribution in [2.24, 2.45) is 0 Å². The molecule has 17 heavy (non-hydrogen) atoms. The van der Waals surface area contributed by atoms with Crippen molar-refractivity contribution in [3.8, 4) is 6.07 Å². The first-order chi connectivity index (χ1) is 7.90. The van der Waals surface area contributed by atoms with Gasteiger partial charge in [0.1, 0.15) is 11.4 Å². The minimum absolute atomic E-state index is 0.370. The second-order valence-corrected chi connectivity index (χ2v) is 4.29. The highest BCUT2D eigenvalue weighted by Gasteiger charge is 2.15. The van der Waals surface area contributed by atoms with Crippen LogP contribution in [0.1, 0.15) is 26.3 Å². The molecule has 0 saturated carbocycles. The van der Waals surface area contributed by atoms with Crippen molar-refractivity contribution in [1.29, 1.82) is 5.26 Å². The molecular formula is C11H14N4O2. The van der Waals surface area contributed by atoms with E-state index < -0.39 is 11.7 Å². The van der Waals surface area contributed by atoms with E-state index in [1.54, 1.807) is 26.8 Å². The number of carbonyl (C=O) groups excluding carboxylic acids is 1. The lowest BCUT2D eigenvalue weighted by atomic mass is 10.2. The number of hydrazine groups is 1. The van der Waals surface area contributed by atoms with Crippen LogP contribution in [-0.2, 0) is 4.74 Å². The van der Waals surface area contributed by atoms with Crippen LogP contribution in [0.2, 0.25) is 0 Å². The molecule has 1 aromatic rings. The molecule has 90 valence electrons. The predicted octanol–water partition coefficient (Wildman–Crippen LogP) is 1.80. The fourth-order valence-corrected chi connectivity index (χ4v) is 0.987. The van der Waals surface area contributed by atoms with Crippen LogP contribution in [0, 0.1) is 11.3 Å². The molecule has 0 bridgehead atoms. The fourth-order valence-electron chi connectivity index (χ4n) is 0.987. The minimum Gasteiger partial charge on any atom is -0.443 e. The van der Waals surface area contributed by atoms with Crippen molar-refractivity contribution in [2.45, 2.75) is 26.4 Å². The van der Waals surface area contributed by atoms with E-state index in [1.165, 1.54) is 12.3 Å². The van der Waals surface area contributed by atoms with Gasteiger partial charge in [0.15, 0.2) is 0 Å². The molecule has 2 N–H and O–H groups in total. The Kier molecular flexibility index (Phi) is 3.88. The van der Waals surface area contributed by atoms with Gasteiger partial charge >= 0.3 is 6.09 Å². The van der Waals surface area contributed by atoms with Crippen molar-refractivity contribution >= 4 is 11.9 Å². The maximum absolute atomic E-state index is 11.3. The Morgan fingerprint density at radius 3 is 2.82 bits per heavy atom. The third kappa shape index (κ3) is 4.84. The standard InChI is InChI=1S/C11H14N4O2/c1-11(2,3)17-10(16)15-14-9-6-8(7-12)4-5-13-9/h4-6H,1-3H3,(H,13,14)(H,15,16). The van der Waals surface area contributed by atoms with Gasteiger partial charge in [-0.15, -0.1) is 0 Å². The number of amides is 1. The van der Waals surface area contributed by atoms with Gasteiger partial charge < -0.3 is 4.74 Å². The number of nitrogens with zero attached hydrogens (tertiary/aromatic N) is 2. The smallest absolute Gasteiger partial charge is 0.426 e. The van der Waals surface area contributed by atoms with E-state index in [2.05, 4.69) is 15.8 Å². The van der Waals surface area contributed by atoms with E-state index in [4.69, 9.17) is 10.00 Å². The number of aromatic nitrogens is 1. The average Bonchev–Trinajstić information content (AvgIpc) is 2.24. The molecule has 0 atom stereocenters. The lowest BCUT2D eigenvalue weighted by Gasteiger charge is -2.19. The van der Waals surface area contributed by atoms with Gasteiger partial charge in [-0.3, -0.25) is 5.43 Å². The highest BCUT2D eigenvalue weighted by Crippen LogP contribution is 2.07. The first-order valence-electron chi connectivity index (χ1n) is 5.02. The molecule has 6 nitrogen and oxygen atoms in total. The zero-order valence-electron chi connectivity index (χ0n) is 9.94. The lowest BCUT2D eigenvalue weighted by Crippen LogP contribution is -2.36. The summed E-state index contributed by atoms with van der Waals surface area (Å²) in [4.78, 5) is 15.2. The number of rotatable bonds is 2. The highest BCUT2D eigenvalue weighted by molar-refractivity contribution is 5.69. The predicted molar refractivity (Wildman–Crippen MR) is 61.9 cm³/mol. The van der Waals surface area contributed by atoms with Gasteiger partial charge in [-0.25, -0.2) is 15.2 Å². The quantitative estimate of drug-likeness (QED) is 0.762. The SMILES string of the molecule is CC(C)(C)OC(=O)NNc1cc(C#N)ccn1. The number of hydrogen-bond donors (Lipinski definition) is 2. The molecule has 0 aliphatic heterocycles. The minimum atomic E-state index is -0.610. The van der Waals surface area contributed by atoms with Gasteiger partial charge in [0.2, 0.25) is 0 Å².